The summed E-state index contributed by atoms with van der Waals surface area (Å²) < 4.78 is 0. The smallest absolute Gasteiger partial charge is 0.0133 e. The van der Waals surface area contributed by atoms with Crippen LogP contribution in [-0.2, 0) is 0 Å². The highest BCUT2D eigenvalue weighted by Gasteiger charge is 2.42. The molecule has 0 bridgehead atoms. The monoisotopic (exact) mass is 741 g/mol. The average molecular weight is 741 g/mol. The molecule has 8 atom stereocenters. The Morgan fingerprint density at radius 2 is 0.722 bits per heavy atom. The van der Waals surface area contributed by atoms with Crippen molar-refractivity contribution in [1.29, 1.82) is 0 Å². The molecule has 2 aromatic carbocycles. The minimum Gasteiger partial charge on any atom is -0.309 e. The second-order valence-corrected chi connectivity index (χ2v) is 23.4. The SMILES string of the molecule is CC(C)C1CC(c2cc(C3CC(C(C)C)NC(C)(C)C3)c3cc(C4CC(C(C)C)NC(C)(C)C4)c(C4CC(C(C)C)NC(C)(C)C4)cc3c2)CC(C)(C)N1. The molecule has 6 rings (SSSR count). The van der Waals surface area contributed by atoms with E-state index in [1.54, 1.807) is 27.6 Å². The summed E-state index contributed by atoms with van der Waals surface area (Å²) in [6.45, 7) is 39.0. The van der Waals surface area contributed by atoms with Gasteiger partial charge in [-0.1, -0.05) is 79.7 Å². The van der Waals surface area contributed by atoms with Gasteiger partial charge in [-0.25, -0.2) is 0 Å². The van der Waals surface area contributed by atoms with E-state index in [0.29, 0.717) is 71.5 Å². The predicted octanol–water partition coefficient (Wildman–Crippen LogP) is 11.9. The van der Waals surface area contributed by atoms with Crippen LogP contribution in [0.5, 0.6) is 0 Å². The van der Waals surface area contributed by atoms with Gasteiger partial charge in [0.25, 0.3) is 0 Å². The van der Waals surface area contributed by atoms with Crippen LogP contribution in [0.2, 0.25) is 0 Å². The Bertz CT molecular complexity index is 1610. The molecular weight excluding hydrogens is 657 g/mol. The third kappa shape index (κ3) is 9.45. The molecule has 0 aromatic heterocycles. The van der Waals surface area contributed by atoms with Crippen molar-refractivity contribution in [3.05, 3.63) is 46.5 Å². The minimum atomic E-state index is 0.110. The van der Waals surface area contributed by atoms with E-state index in [1.807, 2.05) is 0 Å². The van der Waals surface area contributed by atoms with E-state index in [0.717, 1.165) is 0 Å². The van der Waals surface area contributed by atoms with Crippen molar-refractivity contribution in [1.82, 2.24) is 21.3 Å². The zero-order valence-corrected chi connectivity index (χ0v) is 37.9. The van der Waals surface area contributed by atoms with E-state index >= 15 is 0 Å². The van der Waals surface area contributed by atoms with Gasteiger partial charge in [-0.3, -0.25) is 0 Å². The minimum absolute atomic E-state index is 0.110. The summed E-state index contributed by atoms with van der Waals surface area (Å²) in [5.74, 6) is 4.69. The first-order valence-electron chi connectivity index (χ1n) is 22.6. The third-order valence-corrected chi connectivity index (χ3v) is 14.7. The molecule has 4 fully saturated rings. The highest BCUT2D eigenvalue weighted by molar-refractivity contribution is 5.89. The van der Waals surface area contributed by atoms with Crippen molar-refractivity contribution >= 4 is 10.8 Å². The Balaban J connectivity index is 1.59. The molecule has 0 aliphatic carbocycles. The Labute approximate surface area is 333 Å². The van der Waals surface area contributed by atoms with Crippen LogP contribution in [0.3, 0.4) is 0 Å². The van der Waals surface area contributed by atoms with Gasteiger partial charge in [0.05, 0.1) is 0 Å². The van der Waals surface area contributed by atoms with E-state index in [9.17, 15) is 0 Å². The molecule has 4 aliphatic heterocycles. The van der Waals surface area contributed by atoms with Gasteiger partial charge in [0.2, 0.25) is 0 Å². The molecule has 4 aliphatic rings. The molecule has 4 nitrogen and oxygen atoms in total. The van der Waals surface area contributed by atoms with Gasteiger partial charge in [0, 0.05) is 46.3 Å². The van der Waals surface area contributed by atoms with Crippen molar-refractivity contribution in [2.24, 2.45) is 23.7 Å². The Morgan fingerprint density at radius 3 is 1.09 bits per heavy atom. The fourth-order valence-corrected chi connectivity index (χ4v) is 12.0. The van der Waals surface area contributed by atoms with Crippen LogP contribution in [0.15, 0.2) is 24.3 Å². The van der Waals surface area contributed by atoms with Crippen LogP contribution in [0.1, 0.15) is 208 Å². The van der Waals surface area contributed by atoms with Crippen LogP contribution in [0.4, 0.5) is 0 Å². The van der Waals surface area contributed by atoms with E-state index in [4.69, 9.17) is 0 Å². The molecule has 4 N–H and O–H groups in total. The van der Waals surface area contributed by atoms with Crippen molar-refractivity contribution in [2.45, 2.75) is 232 Å². The summed E-state index contributed by atoms with van der Waals surface area (Å²) in [7, 11) is 0. The molecule has 0 spiro atoms. The quantitative estimate of drug-likeness (QED) is 0.218. The molecule has 0 radical (unpaired) electrons. The number of hydrogen-bond acceptors (Lipinski definition) is 4. The van der Waals surface area contributed by atoms with Crippen molar-refractivity contribution in [3.63, 3.8) is 0 Å². The second-order valence-electron chi connectivity index (χ2n) is 23.4. The lowest BCUT2D eigenvalue weighted by Gasteiger charge is -2.47. The molecule has 4 saturated heterocycles. The Kier molecular flexibility index (Phi) is 12.0. The summed E-state index contributed by atoms with van der Waals surface area (Å²) in [6.07, 6.45) is 9.67. The first-order valence-corrected chi connectivity index (χ1v) is 22.6. The lowest BCUT2D eigenvalue weighted by Crippen LogP contribution is -2.54. The number of benzene rings is 2. The number of fused-ring (bicyclic) bond motifs is 1. The van der Waals surface area contributed by atoms with Crippen LogP contribution in [0.25, 0.3) is 10.8 Å². The van der Waals surface area contributed by atoms with Crippen LogP contribution in [-0.4, -0.2) is 46.3 Å². The highest BCUT2D eigenvalue weighted by Crippen LogP contribution is 2.49. The van der Waals surface area contributed by atoms with Gasteiger partial charge < -0.3 is 21.3 Å². The summed E-state index contributed by atoms with van der Waals surface area (Å²) >= 11 is 0. The largest absolute Gasteiger partial charge is 0.309 e. The number of hydrogen-bond donors (Lipinski definition) is 4. The molecule has 304 valence electrons. The molecule has 0 amide bonds. The lowest BCUT2D eigenvalue weighted by atomic mass is 9.68. The van der Waals surface area contributed by atoms with Crippen molar-refractivity contribution in [2.75, 3.05) is 0 Å². The summed E-state index contributed by atoms with van der Waals surface area (Å²) in [6, 6.07) is 13.2. The van der Waals surface area contributed by atoms with Crippen LogP contribution < -0.4 is 21.3 Å². The molecule has 4 heterocycles. The molecule has 54 heavy (non-hydrogen) atoms. The maximum absolute atomic E-state index is 4.09. The fraction of sp³-hybridized carbons (Fsp3) is 0.800. The molecule has 4 heteroatoms. The van der Waals surface area contributed by atoms with Crippen LogP contribution >= 0.6 is 0 Å². The normalized spacial score (nSPS) is 33.9. The summed E-state index contributed by atoms with van der Waals surface area (Å²) in [4.78, 5) is 0. The van der Waals surface area contributed by atoms with E-state index < -0.39 is 0 Å². The van der Waals surface area contributed by atoms with Gasteiger partial charge in [0.1, 0.15) is 0 Å². The average Bonchev–Trinajstić information content (AvgIpc) is 3.04. The first-order chi connectivity index (χ1) is 24.9. The lowest BCUT2D eigenvalue weighted by molar-refractivity contribution is 0.177. The zero-order chi connectivity index (χ0) is 39.7. The topological polar surface area (TPSA) is 48.1 Å². The predicted molar refractivity (Wildman–Crippen MR) is 235 cm³/mol. The highest BCUT2D eigenvalue weighted by atomic mass is 15.0. The van der Waals surface area contributed by atoms with Gasteiger partial charge in [-0.05, 0) is 187 Å². The van der Waals surface area contributed by atoms with Crippen molar-refractivity contribution < 1.29 is 0 Å². The van der Waals surface area contributed by atoms with Crippen molar-refractivity contribution in [3.8, 4) is 0 Å². The second kappa shape index (κ2) is 15.4. The Hall–Kier alpha value is -1.46. The van der Waals surface area contributed by atoms with Gasteiger partial charge >= 0.3 is 0 Å². The van der Waals surface area contributed by atoms with Gasteiger partial charge in [-0.2, -0.15) is 0 Å². The number of piperidine rings is 4. The third-order valence-electron chi connectivity index (χ3n) is 14.7. The molecule has 0 saturated carbocycles. The first kappa shape index (κ1) is 42.2. The number of rotatable bonds is 8. The number of nitrogens with one attached hydrogen (secondary N) is 4. The maximum atomic E-state index is 4.09. The van der Waals surface area contributed by atoms with Gasteiger partial charge in [0.15, 0.2) is 0 Å². The molecular formula is C50H84N4. The molecule has 8 unspecified atom stereocenters. The molecule has 2 aromatic rings. The van der Waals surface area contributed by atoms with Crippen LogP contribution in [0, 0.1) is 23.7 Å². The summed E-state index contributed by atoms with van der Waals surface area (Å²) in [5, 5.41) is 19.4. The standard InChI is InChI=1S/C50H84N4/c1-29(2)43-20-35(25-47(9,10)51-43)33-17-34-19-40(37-22-45(31(5)6)53-49(13,14)27-37)42(38-23-46(32(7)8)54-50(15,16)28-38)24-41(34)39(18-33)36-21-44(30(3)4)52-48(11,12)26-36/h17-19,24,29-32,35-38,43-46,51-54H,20-23,25-28H2,1-16H3. The van der Waals surface area contributed by atoms with E-state index in [-0.39, 0.29) is 22.2 Å². The summed E-state index contributed by atoms with van der Waals surface area (Å²) in [5.41, 5.74) is 7.06. The Morgan fingerprint density at radius 1 is 0.407 bits per heavy atom. The zero-order valence-electron chi connectivity index (χ0n) is 37.9. The maximum Gasteiger partial charge on any atom is 0.0133 e. The van der Waals surface area contributed by atoms with E-state index in [2.05, 4.69) is 156 Å². The fourth-order valence-electron chi connectivity index (χ4n) is 12.0. The van der Waals surface area contributed by atoms with Gasteiger partial charge in [-0.15, -0.1) is 0 Å². The van der Waals surface area contributed by atoms with E-state index in [1.165, 1.54) is 56.8 Å².